The Morgan fingerprint density at radius 1 is 0.276 bits per heavy atom. The van der Waals surface area contributed by atoms with Gasteiger partial charge >= 0.3 is 8.60 Å². The van der Waals surface area contributed by atoms with Gasteiger partial charge in [-0.3, -0.25) is 0 Å². The van der Waals surface area contributed by atoms with Crippen molar-refractivity contribution in [3.63, 3.8) is 0 Å². The molecule has 0 amide bonds. The quantitative estimate of drug-likeness (QED) is 0.137. The molecule has 0 radical (unpaired) electrons. The molecule has 0 unspecified atom stereocenters. The van der Waals surface area contributed by atoms with Crippen molar-refractivity contribution in [2.45, 2.75) is 116 Å². The Balaban J connectivity index is 0.956. The summed E-state index contributed by atoms with van der Waals surface area (Å²) in [6.07, 6.45) is 22.4. The van der Waals surface area contributed by atoms with E-state index in [9.17, 15) is 0 Å². The molecule has 0 spiro atoms. The first kappa shape index (κ1) is 38.7. The minimum absolute atomic E-state index is 0.725. The Labute approximate surface area is 347 Å². The predicted octanol–water partition coefficient (Wildman–Crippen LogP) is 15.4. The summed E-state index contributed by atoms with van der Waals surface area (Å²) in [5.41, 5.74) is 16.4. The third-order valence-corrected chi connectivity index (χ3v) is 13.6. The van der Waals surface area contributed by atoms with E-state index in [0.717, 1.165) is 36.5 Å². The van der Waals surface area contributed by atoms with Gasteiger partial charge in [-0.2, -0.15) is 0 Å². The van der Waals surface area contributed by atoms with Crippen LogP contribution in [0.1, 0.15) is 110 Å². The Morgan fingerprint density at radius 3 is 0.845 bits per heavy atom. The summed E-state index contributed by atoms with van der Waals surface area (Å²) in [7, 11) is -1.82. The smallest absolute Gasteiger partial charge is 0.409 e. The number of aryl methyl sites for hydroxylation is 6. The minimum Gasteiger partial charge on any atom is -0.409 e. The van der Waals surface area contributed by atoms with Crippen molar-refractivity contribution in [1.29, 1.82) is 0 Å². The van der Waals surface area contributed by atoms with E-state index in [1.807, 2.05) is 0 Å². The van der Waals surface area contributed by atoms with Crippen molar-refractivity contribution in [2.75, 3.05) is 0 Å². The molecule has 6 aromatic carbocycles. The third-order valence-electron chi connectivity index (χ3n) is 12.5. The molecule has 0 heterocycles. The topological polar surface area (TPSA) is 27.7 Å². The van der Waals surface area contributed by atoms with Gasteiger partial charge in [-0.1, -0.05) is 130 Å². The molecule has 0 saturated heterocycles. The van der Waals surface area contributed by atoms with Crippen LogP contribution < -0.4 is 13.6 Å². The lowest BCUT2D eigenvalue weighted by molar-refractivity contribution is 0.388. The molecule has 0 N–H and O–H groups in total. The van der Waals surface area contributed by atoms with Crippen LogP contribution in [0, 0.1) is 0 Å². The number of hydrogen-bond acceptors (Lipinski definition) is 3. The summed E-state index contributed by atoms with van der Waals surface area (Å²) in [6, 6.07) is 46.6. The maximum Gasteiger partial charge on any atom is 0.530 e. The van der Waals surface area contributed by atoms with E-state index in [1.165, 1.54) is 163 Å². The standard InChI is InChI=1S/C54H57O3P/c1-4-10-16-46-37-40(13-7-1)19-34-52(46)43-22-28-49(29-23-43)55-58(56-50-30-24-44(25-31-50)53-35-20-41-14-8-2-5-11-17-47(53)38-41)57-51-32-26-45(27-33-51)54-36-21-42-15-9-3-6-12-18-48(54)39-42/h19-39H,1-18H2. The van der Waals surface area contributed by atoms with E-state index >= 15 is 0 Å². The number of fused-ring (bicyclic) bond motifs is 6. The predicted molar refractivity (Wildman–Crippen MR) is 242 cm³/mol. The lowest BCUT2D eigenvalue weighted by atomic mass is 9.94. The molecule has 0 aliphatic heterocycles. The van der Waals surface area contributed by atoms with Gasteiger partial charge < -0.3 is 13.6 Å². The monoisotopic (exact) mass is 784 g/mol. The highest BCUT2D eigenvalue weighted by Crippen LogP contribution is 2.44. The van der Waals surface area contributed by atoms with Crippen LogP contribution in [-0.2, 0) is 38.5 Å². The highest BCUT2D eigenvalue weighted by Gasteiger charge is 2.21. The van der Waals surface area contributed by atoms with Crippen molar-refractivity contribution in [1.82, 2.24) is 0 Å². The van der Waals surface area contributed by atoms with Crippen molar-refractivity contribution >= 4 is 8.60 Å². The van der Waals surface area contributed by atoms with E-state index in [2.05, 4.69) is 127 Å². The highest BCUT2D eigenvalue weighted by molar-refractivity contribution is 7.43. The number of benzene rings is 6. The van der Waals surface area contributed by atoms with Gasteiger partial charge in [-0.15, -0.1) is 0 Å². The first-order valence-electron chi connectivity index (χ1n) is 22.2. The summed E-state index contributed by atoms with van der Waals surface area (Å²) in [6.45, 7) is 0. The summed E-state index contributed by atoms with van der Waals surface area (Å²) in [5, 5.41) is 0. The molecule has 3 nitrogen and oxygen atoms in total. The maximum absolute atomic E-state index is 6.59. The second kappa shape index (κ2) is 18.8. The van der Waals surface area contributed by atoms with Gasteiger partial charge in [0.25, 0.3) is 0 Å². The number of hydrogen-bond donors (Lipinski definition) is 0. The van der Waals surface area contributed by atoms with Crippen molar-refractivity contribution in [2.24, 2.45) is 0 Å². The van der Waals surface area contributed by atoms with E-state index in [4.69, 9.17) is 13.6 Å². The zero-order valence-corrected chi connectivity index (χ0v) is 34.9. The average molecular weight is 785 g/mol. The third kappa shape index (κ3) is 9.70. The van der Waals surface area contributed by atoms with E-state index in [0.29, 0.717) is 0 Å². The molecule has 0 saturated carbocycles. The fourth-order valence-corrected chi connectivity index (χ4v) is 10.3. The SMILES string of the molecule is c1cc(-c2ccc(OP(Oc3ccc(-c4ccc5cc4CCCCCC5)cc3)Oc3ccc(-c4ccc5cc4CCCCCC5)cc3)cc2)c2cc1CCCCCC2. The molecular formula is C54H57O3P. The minimum atomic E-state index is -1.82. The van der Waals surface area contributed by atoms with Gasteiger partial charge in [-0.25, -0.2) is 0 Å². The zero-order valence-electron chi connectivity index (χ0n) is 34.0. The van der Waals surface area contributed by atoms with Gasteiger partial charge in [0, 0.05) is 0 Å². The Kier molecular flexibility index (Phi) is 12.5. The van der Waals surface area contributed by atoms with Crippen LogP contribution in [0.15, 0.2) is 127 Å². The lowest BCUT2D eigenvalue weighted by Gasteiger charge is -2.19. The molecule has 296 valence electrons. The molecule has 3 aliphatic carbocycles. The second-order valence-electron chi connectivity index (χ2n) is 16.8. The maximum atomic E-state index is 6.59. The summed E-state index contributed by atoms with van der Waals surface area (Å²) >= 11 is 0. The Morgan fingerprint density at radius 2 is 0.552 bits per heavy atom. The Hall–Kier alpha value is -4.85. The Bertz CT molecular complexity index is 2020. The van der Waals surface area contributed by atoms with Crippen LogP contribution in [-0.4, -0.2) is 0 Å². The van der Waals surface area contributed by atoms with Crippen molar-refractivity contribution < 1.29 is 13.6 Å². The lowest BCUT2D eigenvalue weighted by Crippen LogP contribution is -2.02. The van der Waals surface area contributed by atoms with E-state index < -0.39 is 8.60 Å². The first-order chi connectivity index (χ1) is 28.7. The fraction of sp³-hybridized carbons (Fsp3) is 0.333. The van der Waals surface area contributed by atoms with Crippen molar-refractivity contribution in [3.8, 4) is 50.6 Å². The van der Waals surface area contributed by atoms with Crippen molar-refractivity contribution in [3.05, 3.63) is 161 Å². The van der Waals surface area contributed by atoms with Crippen LogP contribution in [0.4, 0.5) is 0 Å². The normalized spacial score (nSPS) is 15.9. The largest absolute Gasteiger partial charge is 0.530 e. The van der Waals surface area contributed by atoms with Gasteiger partial charge in [0.2, 0.25) is 0 Å². The van der Waals surface area contributed by atoms with Gasteiger partial charge in [0.05, 0.1) is 0 Å². The molecule has 0 aromatic heterocycles. The molecule has 9 rings (SSSR count). The van der Waals surface area contributed by atoms with E-state index in [-0.39, 0.29) is 0 Å². The fourth-order valence-electron chi connectivity index (χ4n) is 9.27. The molecule has 0 atom stereocenters. The van der Waals surface area contributed by atoms with Crippen LogP contribution >= 0.6 is 8.60 Å². The summed E-state index contributed by atoms with van der Waals surface area (Å²) < 4.78 is 19.8. The summed E-state index contributed by atoms with van der Waals surface area (Å²) in [5.74, 6) is 2.18. The zero-order chi connectivity index (χ0) is 38.9. The number of rotatable bonds is 9. The van der Waals surface area contributed by atoms with E-state index in [1.54, 1.807) is 0 Å². The molecule has 6 aromatic rings. The first-order valence-corrected chi connectivity index (χ1v) is 23.3. The molecule has 3 aliphatic rings. The molecule has 0 fully saturated rings. The molecular weight excluding hydrogens is 728 g/mol. The molecule has 58 heavy (non-hydrogen) atoms. The van der Waals surface area contributed by atoms with Gasteiger partial charge in [-0.05, 0) is 180 Å². The highest BCUT2D eigenvalue weighted by atomic mass is 31.2. The van der Waals surface area contributed by atoms with Gasteiger partial charge in [0.1, 0.15) is 17.2 Å². The second-order valence-corrected chi connectivity index (χ2v) is 17.8. The van der Waals surface area contributed by atoms with Crippen LogP contribution in [0.2, 0.25) is 0 Å². The summed E-state index contributed by atoms with van der Waals surface area (Å²) in [4.78, 5) is 0. The average Bonchev–Trinajstić information content (AvgIpc) is 3.46. The molecule has 4 heteroatoms. The van der Waals surface area contributed by atoms with Crippen LogP contribution in [0.5, 0.6) is 17.2 Å². The van der Waals surface area contributed by atoms with Crippen LogP contribution in [0.25, 0.3) is 33.4 Å². The van der Waals surface area contributed by atoms with Gasteiger partial charge in [0.15, 0.2) is 0 Å². The van der Waals surface area contributed by atoms with Crippen LogP contribution in [0.3, 0.4) is 0 Å². The molecule has 6 bridgehead atoms.